The lowest BCUT2D eigenvalue weighted by Crippen LogP contribution is -2.40. The third-order valence-corrected chi connectivity index (χ3v) is 7.54. The molecule has 0 radical (unpaired) electrons. The van der Waals surface area contributed by atoms with Crippen molar-refractivity contribution in [1.82, 2.24) is 9.62 Å². The minimum Gasteiger partial charge on any atom is -0.344 e. The van der Waals surface area contributed by atoms with E-state index in [2.05, 4.69) is 5.32 Å². The number of hydrogen-bond acceptors (Lipinski definition) is 4. The van der Waals surface area contributed by atoms with Crippen molar-refractivity contribution in [2.75, 3.05) is 19.8 Å². The lowest BCUT2D eigenvalue weighted by molar-refractivity contribution is -0.121. The van der Waals surface area contributed by atoms with Crippen LogP contribution >= 0.6 is 11.8 Å². The summed E-state index contributed by atoms with van der Waals surface area (Å²) >= 11 is 1.54. The zero-order valence-corrected chi connectivity index (χ0v) is 19.4. The third-order valence-electron chi connectivity index (χ3n) is 4.98. The van der Waals surface area contributed by atoms with E-state index in [0.717, 1.165) is 25.9 Å². The Morgan fingerprint density at radius 3 is 2.10 bits per heavy atom. The number of aryl methyl sites for hydroxylation is 1. The van der Waals surface area contributed by atoms with Gasteiger partial charge in [-0.25, -0.2) is 8.42 Å². The van der Waals surface area contributed by atoms with E-state index in [1.165, 1.54) is 18.8 Å². The quantitative estimate of drug-likeness (QED) is 0.517. The fourth-order valence-corrected chi connectivity index (χ4v) is 4.72. The first-order chi connectivity index (χ1) is 14.8. The van der Waals surface area contributed by atoms with Crippen LogP contribution in [0, 0.1) is 6.92 Å². The molecule has 0 saturated carbocycles. The van der Waals surface area contributed by atoms with Gasteiger partial charge in [-0.15, -0.1) is 11.8 Å². The van der Waals surface area contributed by atoms with Gasteiger partial charge in [0.25, 0.3) is 0 Å². The molecule has 0 fully saturated rings. The van der Waals surface area contributed by atoms with E-state index in [-0.39, 0.29) is 23.4 Å². The number of carbonyl (C=O) groups excluding carboxylic acids is 1. The molecule has 7 heteroatoms. The van der Waals surface area contributed by atoms with Gasteiger partial charge in [-0.2, -0.15) is 4.31 Å². The van der Waals surface area contributed by atoms with Gasteiger partial charge in [0, 0.05) is 11.9 Å². The number of amides is 1. The van der Waals surface area contributed by atoms with Gasteiger partial charge < -0.3 is 5.32 Å². The summed E-state index contributed by atoms with van der Waals surface area (Å²) < 4.78 is 26.8. The molecule has 0 heterocycles. The molecule has 0 spiro atoms. The first-order valence-corrected chi connectivity index (χ1v) is 12.5. The maximum absolute atomic E-state index is 12.9. The zero-order chi connectivity index (χ0) is 22.4. The van der Waals surface area contributed by atoms with E-state index >= 15 is 0 Å². The maximum Gasteiger partial charge on any atom is 0.243 e. The van der Waals surface area contributed by atoms with E-state index in [4.69, 9.17) is 0 Å². The van der Waals surface area contributed by atoms with Gasteiger partial charge in [0.05, 0.1) is 17.5 Å². The molecule has 1 atom stereocenters. The Morgan fingerprint density at radius 1 is 0.935 bits per heavy atom. The monoisotopic (exact) mass is 454 g/mol. The highest BCUT2D eigenvalue weighted by Gasteiger charge is 2.24. The summed E-state index contributed by atoms with van der Waals surface area (Å²) in [5, 5.41) is 2.99. The molecule has 31 heavy (non-hydrogen) atoms. The molecular weight excluding hydrogens is 428 g/mol. The standard InChI is InChI=1S/C24H26N2O3S2/c1-18-9-11-20(12-10-18)24(19-7-5-4-6-8-19)25-23(27)17-26(2)31(28,29)22-15-13-21(30-3)14-16-22/h4-16,24H,17H2,1-3H3,(H,25,27). The van der Waals surface area contributed by atoms with Gasteiger partial charge in [-0.05, 0) is 48.6 Å². The minimum atomic E-state index is -3.77. The number of sulfonamides is 1. The van der Waals surface area contributed by atoms with Crippen LogP contribution in [0.25, 0.3) is 0 Å². The van der Waals surface area contributed by atoms with E-state index < -0.39 is 10.0 Å². The number of carbonyl (C=O) groups is 1. The lowest BCUT2D eigenvalue weighted by atomic mass is 9.98. The Morgan fingerprint density at radius 2 is 1.52 bits per heavy atom. The van der Waals surface area contributed by atoms with Gasteiger partial charge in [0.2, 0.25) is 15.9 Å². The molecule has 3 aromatic carbocycles. The van der Waals surface area contributed by atoms with Crippen molar-refractivity contribution >= 4 is 27.7 Å². The molecule has 0 aliphatic rings. The summed E-state index contributed by atoms with van der Waals surface area (Å²) in [6.45, 7) is 1.73. The van der Waals surface area contributed by atoms with E-state index in [9.17, 15) is 13.2 Å². The highest BCUT2D eigenvalue weighted by Crippen LogP contribution is 2.23. The second-order valence-electron chi connectivity index (χ2n) is 7.26. The Labute approximate surface area is 188 Å². The van der Waals surface area contributed by atoms with Gasteiger partial charge in [0.1, 0.15) is 0 Å². The van der Waals surface area contributed by atoms with Crippen molar-refractivity contribution in [2.45, 2.75) is 22.8 Å². The first kappa shape index (κ1) is 23.1. The van der Waals surface area contributed by atoms with E-state index in [1.54, 1.807) is 24.3 Å². The number of rotatable bonds is 8. The van der Waals surface area contributed by atoms with Crippen molar-refractivity contribution in [3.05, 3.63) is 95.6 Å². The van der Waals surface area contributed by atoms with Crippen LogP contribution in [0.3, 0.4) is 0 Å². The van der Waals surface area contributed by atoms with E-state index in [1.807, 2.05) is 67.8 Å². The normalized spacial score (nSPS) is 12.5. The molecular formula is C24H26N2O3S2. The summed E-state index contributed by atoms with van der Waals surface area (Å²) in [6.07, 6.45) is 1.93. The second kappa shape index (κ2) is 10.1. The molecule has 3 rings (SSSR count). The van der Waals surface area contributed by atoms with Gasteiger partial charge in [-0.1, -0.05) is 60.2 Å². The van der Waals surface area contributed by atoms with Crippen molar-refractivity contribution in [2.24, 2.45) is 0 Å². The van der Waals surface area contributed by atoms with Gasteiger partial charge in [-0.3, -0.25) is 4.79 Å². The van der Waals surface area contributed by atoms with Crippen molar-refractivity contribution in [3.8, 4) is 0 Å². The molecule has 0 aliphatic heterocycles. The lowest BCUT2D eigenvalue weighted by Gasteiger charge is -2.22. The highest BCUT2D eigenvalue weighted by molar-refractivity contribution is 7.98. The molecule has 0 aromatic heterocycles. The topological polar surface area (TPSA) is 66.5 Å². The molecule has 0 aliphatic carbocycles. The minimum absolute atomic E-state index is 0.166. The number of thioether (sulfide) groups is 1. The molecule has 0 saturated heterocycles. The number of hydrogen-bond donors (Lipinski definition) is 1. The van der Waals surface area contributed by atoms with Crippen molar-refractivity contribution in [3.63, 3.8) is 0 Å². The Hall–Kier alpha value is -2.61. The number of nitrogens with one attached hydrogen (secondary N) is 1. The fourth-order valence-electron chi connectivity index (χ4n) is 3.18. The SMILES string of the molecule is CSc1ccc(S(=O)(=O)N(C)CC(=O)NC(c2ccccc2)c2ccc(C)cc2)cc1. The summed E-state index contributed by atoms with van der Waals surface area (Å²) in [5.74, 6) is -0.374. The smallest absolute Gasteiger partial charge is 0.243 e. The third kappa shape index (κ3) is 5.76. The number of nitrogens with zero attached hydrogens (tertiary/aromatic N) is 1. The zero-order valence-electron chi connectivity index (χ0n) is 17.8. The molecule has 1 unspecified atom stereocenters. The molecule has 162 valence electrons. The Balaban J connectivity index is 1.77. The number of likely N-dealkylation sites (N-methyl/N-ethyl adjacent to an activating group) is 1. The molecule has 5 nitrogen and oxygen atoms in total. The molecule has 1 amide bonds. The Kier molecular flexibility index (Phi) is 7.54. The maximum atomic E-state index is 12.9. The Bertz CT molecular complexity index is 1110. The summed E-state index contributed by atoms with van der Waals surface area (Å²) in [7, 11) is -2.35. The van der Waals surface area contributed by atoms with Crippen LogP contribution in [0.2, 0.25) is 0 Å². The molecule has 3 aromatic rings. The largest absolute Gasteiger partial charge is 0.344 e. The van der Waals surface area contributed by atoms with Crippen LogP contribution in [0.1, 0.15) is 22.7 Å². The van der Waals surface area contributed by atoms with Gasteiger partial charge in [0.15, 0.2) is 0 Å². The average molecular weight is 455 g/mol. The highest BCUT2D eigenvalue weighted by atomic mass is 32.2. The predicted octanol–water partition coefficient (Wildman–Crippen LogP) is 4.24. The summed E-state index contributed by atoms with van der Waals surface area (Å²) in [6, 6.07) is 23.8. The average Bonchev–Trinajstić information content (AvgIpc) is 2.78. The first-order valence-electron chi connectivity index (χ1n) is 9.82. The molecule has 1 N–H and O–H groups in total. The van der Waals surface area contributed by atoms with Crippen LogP contribution in [0.5, 0.6) is 0 Å². The number of benzene rings is 3. The second-order valence-corrected chi connectivity index (χ2v) is 10.2. The summed E-state index contributed by atoms with van der Waals surface area (Å²) in [5.41, 5.74) is 2.99. The van der Waals surface area contributed by atoms with E-state index in [0.29, 0.717) is 0 Å². The van der Waals surface area contributed by atoms with Crippen LogP contribution in [-0.4, -0.2) is 38.5 Å². The summed E-state index contributed by atoms with van der Waals surface area (Å²) in [4.78, 5) is 14.0. The predicted molar refractivity (Wildman–Crippen MR) is 126 cm³/mol. The van der Waals surface area contributed by atoms with Crippen molar-refractivity contribution < 1.29 is 13.2 Å². The van der Waals surface area contributed by atoms with Crippen LogP contribution in [0.4, 0.5) is 0 Å². The molecule has 0 bridgehead atoms. The van der Waals surface area contributed by atoms with Crippen LogP contribution < -0.4 is 5.32 Å². The van der Waals surface area contributed by atoms with Crippen molar-refractivity contribution in [1.29, 1.82) is 0 Å². The fraction of sp³-hybridized carbons (Fsp3) is 0.208. The van der Waals surface area contributed by atoms with Gasteiger partial charge >= 0.3 is 0 Å². The van der Waals surface area contributed by atoms with Crippen LogP contribution in [-0.2, 0) is 14.8 Å². The van der Waals surface area contributed by atoms with Crippen LogP contribution in [0.15, 0.2) is 88.7 Å².